The van der Waals surface area contributed by atoms with Crippen LogP contribution in [0, 0.1) is 5.92 Å². The molecule has 0 aliphatic carbocycles. The van der Waals surface area contributed by atoms with E-state index in [2.05, 4.69) is 42.2 Å². The molecule has 0 bridgehead atoms. The number of likely N-dealkylation sites (tertiary alicyclic amines) is 1. The van der Waals surface area contributed by atoms with Crippen LogP contribution in [0.4, 0.5) is 0 Å². The predicted molar refractivity (Wildman–Crippen MR) is 69.8 cm³/mol. The number of rotatable bonds is 3. The number of nitrogens with zero attached hydrogens (tertiary/aromatic N) is 1. The van der Waals surface area contributed by atoms with E-state index in [4.69, 9.17) is 0 Å². The molecule has 2 nitrogen and oxygen atoms in total. The molecule has 1 heterocycles. The zero-order valence-corrected chi connectivity index (χ0v) is 10.7. The van der Waals surface area contributed by atoms with Crippen LogP contribution in [0.3, 0.4) is 0 Å². The van der Waals surface area contributed by atoms with Crippen LogP contribution in [-0.4, -0.2) is 23.8 Å². The van der Waals surface area contributed by atoms with Gasteiger partial charge in [0, 0.05) is 31.5 Å². The van der Waals surface area contributed by atoms with Gasteiger partial charge < -0.3 is 0 Å². The summed E-state index contributed by atoms with van der Waals surface area (Å²) >= 11 is 0. The molecule has 0 spiro atoms. The molecule has 1 saturated heterocycles. The third kappa shape index (κ3) is 2.75. The standard InChI is InChI=1S/C15H21NO/c1-3-14(13-7-5-4-6-8-13)16-10-9-15(17)12(2)11-16/h4-8,12,14H,3,9-11H2,1-2H3. The highest BCUT2D eigenvalue weighted by Crippen LogP contribution is 2.27. The SMILES string of the molecule is CCC(c1ccccc1)N1CCC(=O)C(C)C1. The van der Waals surface area contributed by atoms with Gasteiger partial charge in [-0.1, -0.05) is 44.2 Å². The molecule has 92 valence electrons. The number of carbonyl (C=O) groups is 1. The minimum absolute atomic E-state index is 0.196. The summed E-state index contributed by atoms with van der Waals surface area (Å²) in [6, 6.07) is 11.1. The van der Waals surface area contributed by atoms with Crippen LogP contribution in [0.5, 0.6) is 0 Å². The molecule has 2 atom stereocenters. The molecule has 0 radical (unpaired) electrons. The Morgan fingerprint density at radius 3 is 2.65 bits per heavy atom. The van der Waals surface area contributed by atoms with Crippen molar-refractivity contribution in [2.45, 2.75) is 32.7 Å². The molecule has 1 aromatic carbocycles. The molecule has 0 aromatic heterocycles. The van der Waals surface area contributed by atoms with Crippen LogP contribution >= 0.6 is 0 Å². The van der Waals surface area contributed by atoms with Gasteiger partial charge >= 0.3 is 0 Å². The summed E-state index contributed by atoms with van der Waals surface area (Å²) in [6.07, 6.45) is 1.81. The highest BCUT2D eigenvalue weighted by molar-refractivity contribution is 5.81. The summed E-state index contributed by atoms with van der Waals surface area (Å²) in [4.78, 5) is 14.0. The molecule has 0 N–H and O–H groups in total. The van der Waals surface area contributed by atoms with Crippen molar-refractivity contribution < 1.29 is 4.79 Å². The summed E-state index contributed by atoms with van der Waals surface area (Å²) in [7, 11) is 0. The number of hydrogen-bond donors (Lipinski definition) is 0. The van der Waals surface area contributed by atoms with Crippen LogP contribution in [0.2, 0.25) is 0 Å². The second-order valence-corrected chi connectivity index (χ2v) is 4.95. The highest BCUT2D eigenvalue weighted by atomic mass is 16.1. The second kappa shape index (κ2) is 5.46. The third-order valence-corrected chi connectivity index (χ3v) is 3.72. The fraction of sp³-hybridized carbons (Fsp3) is 0.533. The Morgan fingerprint density at radius 1 is 1.35 bits per heavy atom. The number of carbonyl (C=O) groups excluding carboxylic acids is 1. The summed E-state index contributed by atoms with van der Waals surface area (Å²) in [5, 5.41) is 0. The maximum absolute atomic E-state index is 11.6. The second-order valence-electron chi connectivity index (χ2n) is 4.95. The molecule has 1 aromatic rings. The maximum atomic E-state index is 11.6. The van der Waals surface area contributed by atoms with Gasteiger partial charge in [0.05, 0.1) is 0 Å². The van der Waals surface area contributed by atoms with E-state index < -0.39 is 0 Å². The normalized spacial score (nSPS) is 23.6. The number of ketones is 1. The average molecular weight is 231 g/mol. The molecule has 1 aliphatic rings. The summed E-state index contributed by atoms with van der Waals surface area (Å²) in [5.74, 6) is 0.616. The van der Waals surface area contributed by atoms with Crippen LogP contribution in [0.25, 0.3) is 0 Å². The van der Waals surface area contributed by atoms with Gasteiger partial charge in [-0.25, -0.2) is 0 Å². The van der Waals surface area contributed by atoms with Crippen molar-refractivity contribution in [2.24, 2.45) is 5.92 Å². The minimum atomic E-state index is 0.196. The summed E-state index contributed by atoms with van der Waals surface area (Å²) in [6.45, 7) is 6.09. The van der Waals surface area contributed by atoms with E-state index >= 15 is 0 Å². The van der Waals surface area contributed by atoms with Crippen molar-refractivity contribution in [1.82, 2.24) is 4.90 Å². The van der Waals surface area contributed by atoms with Gasteiger partial charge in [-0.15, -0.1) is 0 Å². The smallest absolute Gasteiger partial charge is 0.138 e. The van der Waals surface area contributed by atoms with Crippen LogP contribution in [0.1, 0.15) is 38.3 Å². The van der Waals surface area contributed by atoms with Gasteiger partial charge in [-0.2, -0.15) is 0 Å². The number of hydrogen-bond acceptors (Lipinski definition) is 2. The molecule has 2 rings (SSSR count). The molecular formula is C15H21NO. The van der Waals surface area contributed by atoms with Crippen molar-refractivity contribution in [3.63, 3.8) is 0 Å². The van der Waals surface area contributed by atoms with Crippen LogP contribution < -0.4 is 0 Å². The lowest BCUT2D eigenvalue weighted by Crippen LogP contribution is -2.41. The average Bonchev–Trinajstić information content (AvgIpc) is 2.36. The van der Waals surface area contributed by atoms with Gasteiger partial charge in [0.2, 0.25) is 0 Å². The number of benzene rings is 1. The van der Waals surface area contributed by atoms with Crippen molar-refractivity contribution in [3.8, 4) is 0 Å². The zero-order valence-electron chi connectivity index (χ0n) is 10.7. The Balaban J connectivity index is 2.12. The van der Waals surface area contributed by atoms with E-state index in [1.54, 1.807) is 0 Å². The van der Waals surface area contributed by atoms with E-state index in [-0.39, 0.29) is 5.92 Å². The van der Waals surface area contributed by atoms with Crippen molar-refractivity contribution in [2.75, 3.05) is 13.1 Å². The Morgan fingerprint density at radius 2 is 2.06 bits per heavy atom. The molecule has 2 unspecified atom stereocenters. The first-order chi connectivity index (χ1) is 8.22. The molecular weight excluding hydrogens is 210 g/mol. The van der Waals surface area contributed by atoms with Gasteiger partial charge in [0.25, 0.3) is 0 Å². The lowest BCUT2D eigenvalue weighted by Gasteiger charge is -2.36. The highest BCUT2D eigenvalue weighted by Gasteiger charge is 2.28. The van der Waals surface area contributed by atoms with Crippen molar-refractivity contribution >= 4 is 5.78 Å². The lowest BCUT2D eigenvalue weighted by molar-refractivity contribution is -0.126. The molecule has 1 fully saturated rings. The number of piperidine rings is 1. The van der Waals surface area contributed by atoms with Crippen molar-refractivity contribution in [1.29, 1.82) is 0 Å². The Bertz CT molecular complexity index is 374. The van der Waals surface area contributed by atoms with Crippen LogP contribution in [0.15, 0.2) is 30.3 Å². The lowest BCUT2D eigenvalue weighted by atomic mass is 9.94. The zero-order chi connectivity index (χ0) is 12.3. The monoisotopic (exact) mass is 231 g/mol. The van der Waals surface area contributed by atoms with Crippen LogP contribution in [-0.2, 0) is 4.79 Å². The Labute approximate surface area is 104 Å². The van der Waals surface area contributed by atoms with Crippen molar-refractivity contribution in [3.05, 3.63) is 35.9 Å². The maximum Gasteiger partial charge on any atom is 0.138 e. The molecule has 0 saturated carbocycles. The molecule has 1 aliphatic heterocycles. The van der Waals surface area contributed by atoms with E-state index in [0.29, 0.717) is 18.2 Å². The van der Waals surface area contributed by atoms with Gasteiger partial charge in [-0.3, -0.25) is 9.69 Å². The van der Waals surface area contributed by atoms with E-state index in [1.165, 1.54) is 5.56 Å². The van der Waals surface area contributed by atoms with E-state index in [9.17, 15) is 4.79 Å². The Kier molecular flexibility index (Phi) is 3.95. The molecule has 2 heteroatoms. The summed E-state index contributed by atoms with van der Waals surface area (Å²) < 4.78 is 0. The van der Waals surface area contributed by atoms with Gasteiger partial charge in [0.15, 0.2) is 0 Å². The Hall–Kier alpha value is -1.15. The number of Topliss-reactive ketones (excluding diaryl/α,β-unsaturated/α-hetero) is 1. The van der Waals surface area contributed by atoms with Gasteiger partial charge in [-0.05, 0) is 12.0 Å². The fourth-order valence-electron chi connectivity index (χ4n) is 2.71. The van der Waals surface area contributed by atoms with Gasteiger partial charge in [0.1, 0.15) is 5.78 Å². The molecule has 17 heavy (non-hydrogen) atoms. The van der Waals surface area contributed by atoms with E-state index in [0.717, 1.165) is 19.5 Å². The largest absolute Gasteiger partial charge is 0.299 e. The quantitative estimate of drug-likeness (QED) is 0.797. The first kappa shape index (κ1) is 12.3. The molecule has 0 amide bonds. The fourth-order valence-corrected chi connectivity index (χ4v) is 2.71. The predicted octanol–water partition coefficient (Wildman–Crippen LogP) is 3.05. The summed E-state index contributed by atoms with van der Waals surface area (Å²) in [5.41, 5.74) is 1.37. The third-order valence-electron chi connectivity index (χ3n) is 3.72. The van der Waals surface area contributed by atoms with E-state index in [1.807, 2.05) is 6.92 Å². The first-order valence-corrected chi connectivity index (χ1v) is 6.54. The minimum Gasteiger partial charge on any atom is -0.299 e. The first-order valence-electron chi connectivity index (χ1n) is 6.54. The topological polar surface area (TPSA) is 20.3 Å².